The molecule has 0 aromatic heterocycles. The van der Waals surface area contributed by atoms with Gasteiger partial charge in [0.25, 0.3) is 0 Å². The lowest BCUT2D eigenvalue weighted by Gasteiger charge is -2.20. The minimum Gasteiger partial charge on any atom is -0.360 e. The van der Waals surface area contributed by atoms with Crippen molar-refractivity contribution >= 4 is 11.6 Å². The van der Waals surface area contributed by atoms with E-state index in [9.17, 15) is 4.79 Å². The van der Waals surface area contributed by atoms with Gasteiger partial charge < -0.3 is 5.32 Å². The Balaban J connectivity index is 2.99. The highest BCUT2D eigenvalue weighted by Gasteiger charge is 2.22. The first-order valence-electron chi connectivity index (χ1n) is 5.85. The number of rotatable bonds is 4. The van der Waals surface area contributed by atoms with Crippen LogP contribution in [0.3, 0.4) is 0 Å². The van der Waals surface area contributed by atoms with Crippen molar-refractivity contribution in [3.63, 3.8) is 0 Å². The second-order valence-electron chi connectivity index (χ2n) is 4.35. The van der Waals surface area contributed by atoms with Crippen LogP contribution in [0.1, 0.15) is 32.4 Å². The third-order valence-electron chi connectivity index (χ3n) is 2.68. The van der Waals surface area contributed by atoms with Gasteiger partial charge in [-0.05, 0) is 12.5 Å². The lowest BCUT2D eigenvalue weighted by molar-refractivity contribution is -0.123. The number of carbonyl (C=O) groups is 1. The Labute approximate surface area is 103 Å². The lowest BCUT2D eigenvalue weighted by Crippen LogP contribution is -2.34. The van der Waals surface area contributed by atoms with E-state index in [0.29, 0.717) is 0 Å². The van der Waals surface area contributed by atoms with Gasteiger partial charge in [0.2, 0.25) is 0 Å². The smallest absolute Gasteiger partial charge is 0.162 e. The number of hydrogen-bond donors (Lipinski definition) is 1. The van der Waals surface area contributed by atoms with E-state index in [2.05, 4.69) is 10.3 Å². The summed E-state index contributed by atoms with van der Waals surface area (Å²) in [5, 5.41) is 3.16. The Morgan fingerprint density at radius 3 is 2.29 bits per heavy atom. The van der Waals surface area contributed by atoms with E-state index in [0.717, 1.165) is 11.4 Å². The van der Waals surface area contributed by atoms with Gasteiger partial charge in [-0.1, -0.05) is 44.2 Å². The molecule has 1 aromatic carbocycles. The van der Waals surface area contributed by atoms with Gasteiger partial charge in [0.1, 0.15) is 6.04 Å². The zero-order valence-corrected chi connectivity index (χ0v) is 10.9. The zero-order chi connectivity index (χ0) is 12.8. The molecule has 0 aliphatic heterocycles. The Hall–Kier alpha value is -1.64. The molecule has 3 heteroatoms. The summed E-state index contributed by atoms with van der Waals surface area (Å²) in [6, 6.07) is 9.44. The highest BCUT2D eigenvalue weighted by molar-refractivity contribution is 5.92. The summed E-state index contributed by atoms with van der Waals surface area (Å²) in [5.41, 5.74) is 0.981. The SMILES string of the molecule is CN=C(C)NC(C(=O)C(C)C)c1ccccc1. The molecule has 0 saturated heterocycles. The quantitative estimate of drug-likeness (QED) is 0.640. The normalized spacial score (nSPS) is 13.6. The molecular weight excluding hydrogens is 212 g/mol. The first kappa shape index (κ1) is 13.4. The highest BCUT2D eigenvalue weighted by atomic mass is 16.1. The Kier molecular flexibility index (Phi) is 4.88. The monoisotopic (exact) mass is 232 g/mol. The Morgan fingerprint density at radius 1 is 1.24 bits per heavy atom. The van der Waals surface area contributed by atoms with E-state index in [1.54, 1.807) is 7.05 Å². The predicted octanol–water partition coefficient (Wildman–Crippen LogP) is 2.59. The molecule has 0 heterocycles. The predicted molar refractivity (Wildman–Crippen MR) is 71.2 cm³/mol. The second kappa shape index (κ2) is 6.18. The number of Topliss-reactive ketones (excluding diaryl/α,β-unsaturated/α-hetero) is 1. The van der Waals surface area contributed by atoms with Gasteiger partial charge in [-0.2, -0.15) is 0 Å². The topological polar surface area (TPSA) is 41.5 Å². The molecule has 0 fully saturated rings. The molecule has 0 radical (unpaired) electrons. The van der Waals surface area contributed by atoms with Crippen molar-refractivity contribution in [2.24, 2.45) is 10.9 Å². The molecule has 0 bridgehead atoms. The molecule has 1 aromatic rings. The molecule has 1 rings (SSSR count). The van der Waals surface area contributed by atoms with E-state index < -0.39 is 0 Å². The standard InChI is InChI=1S/C14H20N2O/c1-10(2)14(17)13(16-11(3)15-4)12-8-6-5-7-9-12/h5-10,13H,1-4H3,(H,15,16). The third-order valence-corrected chi connectivity index (χ3v) is 2.68. The Morgan fingerprint density at radius 2 is 1.82 bits per heavy atom. The van der Waals surface area contributed by atoms with Gasteiger partial charge >= 0.3 is 0 Å². The highest BCUT2D eigenvalue weighted by Crippen LogP contribution is 2.17. The van der Waals surface area contributed by atoms with E-state index in [-0.39, 0.29) is 17.7 Å². The van der Waals surface area contributed by atoms with Crippen LogP contribution in [-0.4, -0.2) is 18.7 Å². The maximum Gasteiger partial charge on any atom is 0.162 e. The van der Waals surface area contributed by atoms with Crippen LogP contribution in [0.15, 0.2) is 35.3 Å². The first-order valence-corrected chi connectivity index (χ1v) is 5.85. The first-order chi connectivity index (χ1) is 8.06. The molecule has 0 saturated carbocycles. The van der Waals surface area contributed by atoms with E-state index in [1.165, 1.54) is 0 Å². The number of nitrogens with one attached hydrogen (secondary N) is 1. The third kappa shape index (κ3) is 3.70. The van der Waals surface area contributed by atoms with Crippen molar-refractivity contribution in [2.75, 3.05) is 7.05 Å². The minimum absolute atomic E-state index is 0.00244. The number of hydrogen-bond acceptors (Lipinski definition) is 2. The summed E-state index contributed by atoms with van der Waals surface area (Å²) in [7, 11) is 1.71. The van der Waals surface area contributed by atoms with Crippen molar-refractivity contribution in [3.05, 3.63) is 35.9 Å². The number of benzene rings is 1. The van der Waals surface area contributed by atoms with Crippen molar-refractivity contribution < 1.29 is 4.79 Å². The summed E-state index contributed by atoms with van der Waals surface area (Å²) in [5.74, 6) is 0.949. The maximum absolute atomic E-state index is 12.2. The molecule has 92 valence electrons. The number of amidine groups is 1. The minimum atomic E-state index is -0.306. The van der Waals surface area contributed by atoms with Crippen molar-refractivity contribution in [3.8, 4) is 0 Å². The molecule has 0 amide bonds. The van der Waals surface area contributed by atoms with Gasteiger partial charge in [-0.25, -0.2) is 0 Å². The van der Waals surface area contributed by atoms with Crippen LogP contribution in [-0.2, 0) is 4.79 Å². The zero-order valence-electron chi connectivity index (χ0n) is 10.9. The van der Waals surface area contributed by atoms with Crippen LogP contribution in [0.4, 0.5) is 0 Å². The van der Waals surface area contributed by atoms with Gasteiger partial charge in [0.05, 0.1) is 5.84 Å². The summed E-state index contributed by atoms with van der Waals surface area (Å²) in [6.07, 6.45) is 0. The van der Waals surface area contributed by atoms with Crippen LogP contribution in [0.2, 0.25) is 0 Å². The summed E-state index contributed by atoms with van der Waals surface area (Å²) >= 11 is 0. The van der Waals surface area contributed by atoms with Crippen LogP contribution < -0.4 is 5.32 Å². The summed E-state index contributed by atoms with van der Waals surface area (Å²) in [6.45, 7) is 5.69. The second-order valence-corrected chi connectivity index (χ2v) is 4.35. The molecule has 1 unspecified atom stereocenters. The molecule has 1 atom stereocenters. The fourth-order valence-electron chi connectivity index (χ4n) is 1.57. The molecule has 3 nitrogen and oxygen atoms in total. The lowest BCUT2D eigenvalue weighted by atomic mass is 9.95. The molecule has 1 N–H and O–H groups in total. The molecule has 0 aliphatic rings. The Bertz CT molecular complexity index is 396. The molecule has 0 spiro atoms. The summed E-state index contributed by atoms with van der Waals surface area (Å²) in [4.78, 5) is 16.2. The molecular formula is C14H20N2O. The molecule has 17 heavy (non-hydrogen) atoms. The van der Waals surface area contributed by atoms with Crippen LogP contribution in [0.5, 0.6) is 0 Å². The maximum atomic E-state index is 12.2. The number of aliphatic imine (C=N–C) groups is 1. The van der Waals surface area contributed by atoms with Crippen molar-refractivity contribution in [1.29, 1.82) is 0 Å². The van der Waals surface area contributed by atoms with Crippen molar-refractivity contribution in [1.82, 2.24) is 5.32 Å². The van der Waals surface area contributed by atoms with Crippen molar-refractivity contribution in [2.45, 2.75) is 26.8 Å². The summed E-state index contributed by atoms with van der Waals surface area (Å²) < 4.78 is 0. The largest absolute Gasteiger partial charge is 0.360 e. The van der Waals surface area contributed by atoms with E-state index in [4.69, 9.17) is 0 Å². The van der Waals surface area contributed by atoms with Crippen LogP contribution in [0.25, 0.3) is 0 Å². The average Bonchev–Trinajstić information content (AvgIpc) is 2.35. The average molecular weight is 232 g/mol. The van der Waals surface area contributed by atoms with Gasteiger partial charge in [-0.3, -0.25) is 9.79 Å². The van der Waals surface area contributed by atoms with Gasteiger partial charge in [-0.15, -0.1) is 0 Å². The van der Waals surface area contributed by atoms with Crippen LogP contribution in [0, 0.1) is 5.92 Å². The van der Waals surface area contributed by atoms with E-state index in [1.807, 2.05) is 51.1 Å². The van der Waals surface area contributed by atoms with Crippen LogP contribution >= 0.6 is 0 Å². The fraction of sp³-hybridized carbons (Fsp3) is 0.429. The van der Waals surface area contributed by atoms with Gasteiger partial charge in [0, 0.05) is 13.0 Å². The van der Waals surface area contributed by atoms with Gasteiger partial charge in [0.15, 0.2) is 5.78 Å². The number of nitrogens with zero attached hydrogens (tertiary/aromatic N) is 1. The van der Waals surface area contributed by atoms with E-state index >= 15 is 0 Å². The molecule has 0 aliphatic carbocycles. The fourth-order valence-corrected chi connectivity index (χ4v) is 1.57. The number of carbonyl (C=O) groups excluding carboxylic acids is 1. The number of ketones is 1.